The quantitative estimate of drug-likeness (QED) is 0.436. The van der Waals surface area contributed by atoms with E-state index in [4.69, 9.17) is 14.2 Å². The van der Waals surface area contributed by atoms with Crippen LogP contribution >= 0.6 is 0 Å². The SMILES string of the molecule is COc1ccc(S(=O)(=O)N2CCC[C@H](C(=O)N3C[C@H](C(=O)NCc4ccccc4)Oc4ccccc43)C2)cc1OC. The van der Waals surface area contributed by atoms with Crippen LogP contribution in [0.25, 0.3) is 0 Å². The molecule has 3 aromatic carbocycles. The average molecular weight is 580 g/mol. The molecular formula is C30H33N3O7S. The Bertz CT molecular complexity index is 1510. The number of carbonyl (C=O) groups excluding carboxylic acids is 2. The number of nitrogens with zero attached hydrogens (tertiary/aromatic N) is 2. The van der Waals surface area contributed by atoms with Gasteiger partial charge in [-0.25, -0.2) is 8.42 Å². The molecule has 41 heavy (non-hydrogen) atoms. The minimum absolute atomic E-state index is 0.0232. The molecule has 0 aromatic heterocycles. The lowest BCUT2D eigenvalue weighted by Crippen LogP contribution is -2.53. The summed E-state index contributed by atoms with van der Waals surface area (Å²) in [6.45, 7) is 0.681. The van der Waals surface area contributed by atoms with E-state index >= 15 is 0 Å². The number of piperidine rings is 1. The van der Waals surface area contributed by atoms with Gasteiger partial charge in [0.15, 0.2) is 17.6 Å². The largest absolute Gasteiger partial charge is 0.493 e. The van der Waals surface area contributed by atoms with Gasteiger partial charge in [-0.15, -0.1) is 0 Å². The minimum atomic E-state index is -3.90. The lowest BCUT2D eigenvalue weighted by molar-refractivity contribution is -0.129. The van der Waals surface area contributed by atoms with Crippen molar-refractivity contribution in [2.45, 2.75) is 30.4 Å². The van der Waals surface area contributed by atoms with Crippen LogP contribution < -0.4 is 24.4 Å². The van der Waals surface area contributed by atoms with Crippen molar-refractivity contribution in [2.24, 2.45) is 5.92 Å². The Labute approximate surface area is 239 Å². The Balaban J connectivity index is 1.33. The second kappa shape index (κ2) is 12.2. The first kappa shape index (κ1) is 28.4. The molecule has 2 heterocycles. The first-order valence-corrected chi connectivity index (χ1v) is 14.9. The van der Waals surface area contributed by atoms with Crippen LogP contribution in [0.3, 0.4) is 0 Å². The van der Waals surface area contributed by atoms with Gasteiger partial charge < -0.3 is 24.4 Å². The first-order valence-electron chi connectivity index (χ1n) is 13.4. The van der Waals surface area contributed by atoms with Crippen molar-refractivity contribution in [3.05, 3.63) is 78.4 Å². The number of anilines is 1. The third kappa shape index (κ3) is 6.01. The van der Waals surface area contributed by atoms with E-state index in [0.29, 0.717) is 48.9 Å². The second-order valence-corrected chi connectivity index (χ2v) is 11.9. The highest BCUT2D eigenvalue weighted by Gasteiger charge is 2.40. The predicted octanol–water partition coefficient (Wildman–Crippen LogP) is 3.22. The monoisotopic (exact) mass is 579 g/mol. The molecule has 2 amide bonds. The number of fused-ring (bicyclic) bond motifs is 1. The van der Waals surface area contributed by atoms with E-state index in [9.17, 15) is 18.0 Å². The number of rotatable bonds is 8. The Morgan fingerprint density at radius 1 is 0.951 bits per heavy atom. The number of hydrogen-bond acceptors (Lipinski definition) is 7. The van der Waals surface area contributed by atoms with Crippen molar-refractivity contribution in [2.75, 3.05) is 38.8 Å². The Morgan fingerprint density at radius 3 is 2.44 bits per heavy atom. The van der Waals surface area contributed by atoms with Gasteiger partial charge in [-0.05, 0) is 42.7 Å². The highest BCUT2D eigenvalue weighted by atomic mass is 32.2. The van der Waals surface area contributed by atoms with Gasteiger partial charge in [0, 0.05) is 25.7 Å². The van der Waals surface area contributed by atoms with Crippen LogP contribution in [-0.2, 0) is 26.2 Å². The van der Waals surface area contributed by atoms with Crippen LogP contribution in [0.5, 0.6) is 17.2 Å². The van der Waals surface area contributed by atoms with Gasteiger partial charge in [0.25, 0.3) is 5.91 Å². The summed E-state index contributed by atoms with van der Waals surface area (Å²) in [5.74, 6) is -0.00193. The minimum Gasteiger partial charge on any atom is -0.493 e. The van der Waals surface area contributed by atoms with Crippen molar-refractivity contribution < 1.29 is 32.2 Å². The van der Waals surface area contributed by atoms with Crippen LogP contribution in [0.2, 0.25) is 0 Å². The molecule has 0 unspecified atom stereocenters. The van der Waals surface area contributed by atoms with E-state index in [2.05, 4.69) is 5.32 Å². The van der Waals surface area contributed by atoms with E-state index in [-0.39, 0.29) is 29.8 Å². The molecular weight excluding hydrogens is 546 g/mol. The maximum Gasteiger partial charge on any atom is 0.263 e. The van der Waals surface area contributed by atoms with Crippen LogP contribution in [0.1, 0.15) is 18.4 Å². The normalized spacial score (nSPS) is 19.0. The van der Waals surface area contributed by atoms with Crippen LogP contribution in [0.4, 0.5) is 5.69 Å². The number of carbonyl (C=O) groups is 2. The molecule has 0 bridgehead atoms. The van der Waals surface area contributed by atoms with Crippen molar-refractivity contribution in [3.63, 3.8) is 0 Å². The predicted molar refractivity (Wildman–Crippen MR) is 153 cm³/mol. The fourth-order valence-electron chi connectivity index (χ4n) is 5.19. The lowest BCUT2D eigenvalue weighted by atomic mass is 9.97. The number of sulfonamides is 1. The molecule has 1 N–H and O–H groups in total. The van der Waals surface area contributed by atoms with Crippen molar-refractivity contribution >= 4 is 27.5 Å². The standard InChI is InChI=1S/C30H33N3O7S/c1-38-26-15-14-23(17-27(26)39-2)41(36,37)32-16-8-11-22(19-32)30(35)33-20-28(40-25-13-7-6-12-24(25)33)29(34)31-18-21-9-4-3-5-10-21/h3-7,9-10,12-15,17,22,28H,8,11,16,18-20H2,1-2H3,(H,31,34)/t22-,28+/m0/s1. The molecule has 10 nitrogen and oxygen atoms in total. The van der Waals surface area contributed by atoms with Crippen LogP contribution in [-0.4, -0.2) is 64.5 Å². The molecule has 5 rings (SSSR count). The highest BCUT2D eigenvalue weighted by molar-refractivity contribution is 7.89. The van der Waals surface area contributed by atoms with Gasteiger partial charge in [-0.1, -0.05) is 42.5 Å². The molecule has 216 valence electrons. The second-order valence-electron chi connectivity index (χ2n) is 9.95. The smallest absolute Gasteiger partial charge is 0.263 e. The molecule has 11 heteroatoms. The molecule has 3 aromatic rings. The number of nitrogens with one attached hydrogen (secondary N) is 1. The number of ether oxygens (including phenoxy) is 3. The maximum absolute atomic E-state index is 13.9. The third-order valence-electron chi connectivity index (χ3n) is 7.37. The summed E-state index contributed by atoms with van der Waals surface area (Å²) >= 11 is 0. The summed E-state index contributed by atoms with van der Waals surface area (Å²) in [4.78, 5) is 28.6. The number of amides is 2. The summed E-state index contributed by atoms with van der Waals surface area (Å²) < 4.78 is 45.0. The summed E-state index contributed by atoms with van der Waals surface area (Å²) in [5, 5.41) is 2.89. The lowest BCUT2D eigenvalue weighted by Gasteiger charge is -2.38. The first-order chi connectivity index (χ1) is 19.8. The van der Waals surface area contributed by atoms with Crippen molar-refractivity contribution in [1.29, 1.82) is 0 Å². The fraction of sp³-hybridized carbons (Fsp3) is 0.333. The molecule has 0 spiro atoms. The molecule has 0 radical (unpaired) electrons. The van der Waals surface area contributed by atoms with E-state index < -0.39 is 22.0 Å². The van der Waals surface area contributed by atoms with Gasteiger partial charge in [0.05, 0.1) is 37.3 Å². The molecule has 0 aliphatic carbocycles. The summed E-state index contributed by atoms with van der Waals surface area (Å²) in [6, 6.07) is 21.0. The zero-order chi connectivity index (χ0) is 29.0. The molecule has 1 fully saturated rings. The fourth-order valence-corrected chi connectivity index (χ4v) is 6.73. The van der Waals surface area contributed by atoms with Crippen LogP contribution in [0.15, 0.2) is 77.7 Å². The number of benzene rings is 3. The van der Waals surface area contributed by atoms with E-state index in [1.54, 1.807) is 35.2 Å². The summed E-state index contributed by atoms with van der Waals surface area (Å²) in [5.41, 5.74) is 1.51. The zero-order valence-electron chi connectivity index (χ0n) is 23.0. The average Bonchev–Trinajstić information content (AvgIpc) is 3.02. The number of para-hydroxylation sites is 2. The van der Waals surface area contributed by atoms with Gasteiger partial charge in [-0.2, -0.15) is 4.31 Å². The van der Waals surface area contributed by atoms with Crippen molar-refractivity contribution in [3.8, 4) is 17.2 Å². The van der Waals surface area contributed by atoms with Crippen LogP contribution in [0, 0.1) is 5.92 Å². The Hall–Kier alpha value is -4.09. The molecule has 2 aliphatic heterocycles. The summed E-state index contributed by atoms with van der Waals surface area (Å²) in [7, 11) is -0.973. The van der Waals surface area contributed by atoms with Crippen molar-refractivity contribution in [1.82, 2.24) is 9.62 Å². The Morgan fingerprint density at radius 2 is 1.68 bits per heavy atom. The van der Waals surface area contributed by atoms with Gasteiger partial charge in [-0.3, -0.25) is 9.59 Å². The van der Waals surface area contributed by atoms with Gasteiger partial charge >= 0.3 is 0 Å². The molecule has 2 atom stereocenters. The number of hydrogen-bond donors (Lipinski definition) is 1. The molecule has 0 saturated carbocycles. The third-order valence-corrected chi connectivity index (χ3v) is 9.23. The zero-order valence-corrected chi connectivity index (χ0v) is 23.8. The molecule has 2 aliphatic rings. The Kier molecular flexibility index (Phi) is 8.46. The van der Waals surface area contributed by atoms with E-state index in [1.807, 2.05) is 30.3 Å². The summed E-state index contributed by atoms with van der Waals surface area (Å²) in [6.07, 6.45) is 0.143. The van der Waals surface area contributed by atoms with E-state index in [1.165, 1.54) is 30.7 Å². The maximum atomic E-state index is 13.9. The van der Waals surface area contributed by atoms with Gasteiger partial charge in [0.2, 0.25) is 15.9 Å². The van der Waals surface area contributed by atoms with E-state index in [0.717, 1.165) is 5.56 Å². The number of methoxy groups -OCH3 is 2. The molecule has 1 saturated heterocycles. The topological polar surface area (TPSA) is 114 Å². The van der Waals surface area contributed by atoms with Gasteiger partial charge in [0.1, 0.15) is 5.75 Å². The highest BCUT2D eigenvalue weighted by Crippen LogP contribution is 2.36.